The molecule has 8 fully saturated rings. The van der Waals surface area contributed by atoms with Crippen LogP contribution < -0.4 is 21.3 Å². The van der Waals surface area contributed by atoms with Crippen molar-refractivity contribution >= 4 is 23.6 Å². The largest absolute Gasteiger partial charge is 0.359 e. The highest BCUT2D eigenvalue weighted by Crippen LogP contribution is 2.87. The van der Waals surface area contributed by atoms with Gasteiger partial charge in [-0.25, -0.2) is 0 Å². The lowest BCUT2D eigenvalue weighted by molar-refractivity contribution is -0.208. The van der Waals surface area contributed by atoms with E-state index in [1.165, 1.54) is 0 Å². The molecule has 0 aromatic heterocycles. The number of ether oxygens (including phenoxy) is 2. The predicted molar refractivity (Wildman–Crippen MR) is 150 cm³/mol. The van der Waals surface area contributed by atoms with Gasteiger partial charge in [0.25, 0.3) is 0 Å². The second-order valence-electron chi connectivity index (χ2n) is 15.2. The van der Waals surface area contributed by atoms with E-state index in [0.717, 1.165) is 25.7 Å². The van der Waals surface area contributed by atoms with Gasteiger partial charge in [0.1, 0.15) is 12.5 Å². The summed E-state index contributed by atoms with van der Waals surface area (Å²) < 4.78 is 13.9. The quantitative estimate of drug-likeness (QED) is 0.343. The summed E-state index contributed by atoms with van der Waals surface area (Å²) in [7, 11) is 3.20. The Morgan fingerprint density at radius 2 is 0.952 bits per heavy atom. The lowest BCUT2D eigenvalue weighted by Gasteiger charge is -2.53. The number of amides is 4. The molecule has 0 unspecified atom stereocenters. The Balaban J connectivity index is 1.14. The van der Waals surface area contributed by atoms with Gasteiger partial charge in [-0.05, 0) is 84.9 Å². The fraction of sp³-hybridized carbons (Fsp3) is 0.875. The molecule has 8 aliphatic rings. The van der Waals surface area contributed by atoms with E-state index in [-0.39, 0.29) is 84.8 Å². The van der Waals surface area contributed by atoms with Crippen LogP contribution in [0.4, 0.5) is 0 Å². The Labute approximate surface area is 247 Å². The van der Waals surface area contributed by atoms with Crippen LogP contribution >= 0.6 is 0 Å². The van der Waals surface area contributed by atoms with Gasteiger partial charge in [0.05, 0.1) is 12.2 Å². The molecule has 0 radical (unpaired) electrons. The smallest absolute Gasteiger partial charge is 0.222 e. The highest BCUT2D eigenvalue weighted by Gasteiger charge is 2.87. The minimum atomic E-state index is -0.333. The van der Waals surface area contributed by atoms with Gasteiger partial charge in [0, 0.05) is 50.6 Å². The third kappa shape index (κ3) is 3.23. The van der Waals surface area contributed by atoms with Gasteiger partial charge in [-0.1, -0.05) is 13.8 Å². The summed E-state index contributed by atoms with van der Waals surface area (Å²) in [5.41, 5.74) is -0.304. The molecule has 0 bridgehead atoms. The van der Waals surface area contributed by atoms with Gasteiger partial charge in [0.15, 0.2) is 0 Å². The Morgan fingerprint density at radius 1 is 0.571 bits per heavy atom. The third-order valence-electron chi connectivity index (χ3n) is 14.2. The maximum atomic E-state index is 13.2. The molecule has 2 saturated heterocycles. The van der Waals surface area contributed by atoms with Crippen molar-refractivity contribution in [1.82, 2.24) is 21.3 Å². The number of hydrogen-bond donors (Lipinski definition) is 4. The van der Waals surface area contributed by atoms with Crippen molar-refractivity contribution in [2.24, 2.45) is 70.0 Å². The van der Waals surface area contributed by atoms with E-state index in [1.54, 1.807) is 14.1 Å². The molecule has 6 saturated carbocycles. The van der Waals surface area contributed by atoms with E-state index < -0.39 is 0 Å². The van der Waals surface area contributed by atoms with Crippen LogP contribution in [-0.4, -0.2) is 62.4 Å². The van der Waals surface area contributed by atoms with Crippen LogP contribution in [0.1, 0.15) is 65.2 Å². The number of fused-ring (bicyclic) bond motifs is 4. The minimum absolute atomic E-state index is 0.100. The molecule has 2 aliphatic heterocycles. The zero-order valence-electron chi connectivity index (χ0n) is 25.2. The Kier molecular flexibility index (Phi) is 5.97. The van der Waals surface area contributed by atoms with E-state index in [0.29, 0.717) is 59.2 Å². The Bertz CT molecular complexity index is 1140. The summed E-state index contributed by atoms with van der Waals surface area (Å²) in [5, 5.41) is 11.9. The summed E-state index contributed by atoms with van der Waals surface area (Å²) in [4.78, 5) is 50.1. The SMILES string of the molecule is CNC(=O)CCC(=O)N[C@H]1O[C@@H]2CC[C@@H]3[C@@H]2[C@@H]2[C@H]4[C@@H]5[C@H]6[C@H]7[C@@H](CC[C@@H]7O[C@H](NC(=O)CCC(=O)NC)[C@@]6(C)[C@@H]34)[C@H]5[C@@]21C. The highest BCUT2D eigenvalue weighted by molar-refractivity contribution is 5.84. The predicted octanol–water partition coefficient (Wildman–Crippen LogP) is 1.54. The lowest BCUT2D eigenvalue weighted by Crippen LogP contribution is -2.61. The number of rotatable bonds is 8. The maximum absolute atomic E-state index is 13.2. The molecule has 2 heterocycles. The first kappa shape index (κ1) is 27.4. The second kappa shape index (κ2) is 9.16. The van der Waals surface area contributed by atoms with Crippen molar-refractivity contribution in [2.45, 2.75) is 89.9 Å². The van der Waals surface area contributed by atoms with E-state index >= 15 is 0 Å². The van der Waals surface area contributed by atoms with Gasteiger partial charge >= 0.3 is 0 Å². The van der Waals surface area contributed by atoms with Crippen LogP contribution in [0, 0.1) is 70.0 Å². The van der Waals surface area contributed by atoms with Gasteiger partial charge < -0.3 is 30.7 Å². The molecule has 10 heteroatoms. The van der Waals surface area contributed by atoms with Crippen LogP contribution in [0.15, 0.2) is 0 Å². The maximum Gasteiger partial charge on any atom is 0.222 e. The molecule has 4 amide bonds. The van der Waals surface area contributed by atoms with Crippen LogP contribution in [0.5, 0.6) is 0 Å². The zero-order chi connectivity index (χ0) is 29.3. The first-order chi connectivity index (χ1) is 20.1. The molecule has 42 heavy (non-hydrogen) atoms. The number of carbonyl (C=O) groups excluding carboxylic acids is 4. The van der Waals surface area contributed by atoms with Crippen LogP contribution in [0.25, 0.3) is 0 Å². The van der Waals surface area contributed by atoms with Crippen molar-refractivity contribution in [2.75, 3.05) is 14.1 Å². The van der Waals surface area contributed by atoms with Crippen molar-refractivity contribution in [3.8, 4) is 0 Å². The van der Waals surface area contributed by atoms with Crippen LogP contribution in [-0.2, 0) is 28.7 Å². The summed E-state index contributed by atoms with van der Waals surface area (Å²) in [5.74, 6) is 4.58. The van der Waals surface area contributed by atoms with Gasteiger partial charge in [-0.15, -0.1) is 0 Å². The van der Waals surface area contributed by atoms with E-state index in [1.807, 2.05) is 0 Å². The fourth-order valence-corrected chi connectivity index (χ4v) is 13.4. The standard InChI is InChI=1S/C32H46N4O6/c1-31-25-13-5-7-16-22(13)28-23(25)24-26(32(28,2)30(42-16)36-20(40)12-10-18(38)34-4)14-6-8-15(21(14)27(24)31)41-29(31)35-19(39)11-9-17(37)33-3/h13-16,21-30H,5-12H2,1-4H3,(H,33,37)(H,34,38)(H,35,39)(H,36,40)/t13-,14-,15-,16+,21+,22+,23+,24+,25-,26+,27-,28-,29+,30+,31+,32+/m1/s1. The Hall–Kier alpha value is -2.20. The van der Waals surface area contributed by atoms with Crippen molar-refractivity contribution in [1.29, 1.82) is 0 Å². The molecule has 0 aromatic carbocycles. The molecular weight excluding hydrogens is 536 g/mol. The molecule has 16 atom stereocenters. The summed E-state index contributed by atoms with van der Waals surface area (Å²) >= 11 is 0. The first-order valence-electron chi connectivity index (χ1n) is 16.4. The van der Waals surface area contributed by atoms with Crippen LogP contribution in [0.2, 0.25) is 0 Å². The molecule has 8 rings (SSSR count). The normalized spacial score (nSPS) is 52.7. The molecule has 4 N–H and O–H groups in total. The van der Waals surface area contributed by atoms with Gasteiger partial charge in [-0.3, -0.25) is 19.2 Å². The lowest BCUT2D eigenvalue weighted by atomic mass is 9.60. The molecular formula is C32H46N4O6. The third-order valence-corrected chi connectivity index (χ3v) is 14.2. The molecule has 0 spiro atoms. The van der Waals surface area contributed by atoms with Gasteiger partial charge in [0.2, 0.25) is 23.6 Å². The molecule has 10 nitrogen and oxygen atoms in total. The Morgan fingerprint density at radius 3 is 1.33 bits per heavy atom. The van der Waals surface area contributed by atoms with Crippen molar-refractivity contribution < 1.29 is 28.7 Å². The molecule has 6 aliphatic carbocycles. The average molecular weight is 583 g/mol. The van der Waals surface area contributed by atoms with E-state index in [9.17, 15) is 19.2 Å². The first-order valence-corrected chi connectivity index (χ1v) is 16.4. The van der Waals surface area contributed by atoms with Crippen LogP contribution in [0.3, 0.4) is 0 Å². The fourth-order valence-electron chi connectivity index (χ4n) is 13.4. The molecule has 0 aromatic rings. The summed E-state index contributed by atoms with van der Waals surface area (Å²) in [6.45, 7) is 4.86. The zero-order valence-corrected chi connectivity index (χ0v) is 25.2. The second-order valence-corrected chi connectivity index (χ2v) is 15.2. The number of nitrogens with one attached hydrogen (secondary N) is 4. The highest BCUT2D eigenvalue weighted by atomic mass is 16.5. The summed E-state index contributed by atoms with van der Waals surface area (Å²) in [6, 6.07) is 0. The average Bonchev–Trinajstić information content (AvgIpc) is 3.77. The van der Waals surface area contributed by atoms with E-state index in [2.05, 4.69) is 35.1 Å². The monoisotopic (exact) mass is 582 g/mol. The summed E-state index contributed by atoms with van der Waals surface area (Å²) in [6.07, 6.45) is 4.56. The topological polar surface area (TPSA) is 135 Å². The van der Waals surface area contributed by atoms with Crippen molar-refractivity contribution in [3.05, 3.63) is 0 Å². The molecule has 230 valence electrons. The van der Waals surface area contributed by atoms with Crippen molar-refractivity contribution in [3.63, 3.8) is 0 Å². The van der Waals surface area contributed by atoms with Gasteiger partial charge in [-0.2, -0.15) is 0 Å². The van der Waals surface area contributed by atoms with E-state index in [4.69, 9.17) is 9.47 Å². The minimum Gasteiger partial charge on any atom is -0.359 e. The number of hydrogen-bond acceptors (Lipinski definition) is 6. The number of carbonyl (C=O) groups is 4.